The number of furan rings is 1. The van der Waals surface area contributed by atoms with Gasteiger partial charge in [-0.25, -0.2) is 4.79 Å². The minimum Gasteiger partial charge on any atom is -0.493 e. The number of carbonyl (C=O) groups excluding carboxylic acids is 1. The Hall–Kier alpha value is -3.48. The second kappa shape index (κ2) is 8.75. The molecule has 0 aliphatic rings. The van der Waals surface area contributed by atoms with Gasteiger partial charge in [-0.2, -0.15) is 0 Å². The Labute approximate surface area is 157 Å². The highest BCUT2D eigenvalue weighted by molar-refractivity contribution is 5.91. The number of nitrogens with one attached hydrogen (secondary N) is 1. The van der Waals surface area contributed by atoms with Gasteiger partial charge in [0.15, 0.2) is 11.5 Å². The molecule has 27 heavy (non-hydrogen) atoms. The lowest BCUT2D eigenvalue weighted by Crippen LogP contribution is -2.34. The Kier molecular flexibility index (Phi) is 5.94. The monoisotopic (exact) mass is 367 g/mol. The van der Waals surface area contributed by atoms with Gasteiger partial charge in [0, 0.05) is 6.20 Å². The average molecular weight is 367 g/mol. The van der Waals surface area contributed by atoms with Crippen LogP contribution in [0.3, 0.4) is 0 Å². The summed E-state index contributed by atoms with van der Waals surface area (Å²) in [6.07, 6.45) is 3.28. The van der Waals surface area contributed by atoms with Crippen molar-refractivity contribution < 1.29 is 18.7 Å². The number of nitrogens with zero attached hydrogens (tertiary/aromatic N) is 2. The van der Waals surface area contributed by atoms with Gasteiger partial charge >= 0.3 is 6.03 Å². The van der Waals surface area contributed by atoms with Crippen molar-refractivity contribution in [2.45, 2.75) is 13.1 Å². The van der Waals surface area contributed by atoms with E-state index < -0.39 is 0 Å². The molecule has 0 fully saturated rings. The number of benzene rings is 1. The minimum atomic E-state index is -0.302. The van der Waals surface area contributed by atoms with Gasteiger partial charge in [0.25, 0.3) is 0 Å². The third-order valence-corrected chi connectivity index (χ3v) is 3.94. The Morgan fingerprint density at radius 2 is 1.96 bits per heavy atom. The van der Waals surface area contributed by atoms with Crippen LogP contribution in [0.2, 0.25) is 0 Å². The lowest BCUT2D eigenvalue weighted by atomic mass is 10.2. The number of para-hydroxylation sites is 1. The first kappa shape index (κ1) is 18.3. The fourth-order valence-electron chi connectivity index (χ4n) is 2.66. The minimum absolute atomic E-state index is 0.302. The van der Waals surface area contributed by atoms with E-state index in [0.29, 0.717) is 36.0 Å². The summed E-state index contributed by atoms with van der Waals surface area (Å²) in [7, 11) is 3.08. The van der Waals surface area contributed by atoms with E-state index >= 15 is 0 Å². The van der Waals surface area contributed by atoms with Gasteiger partial charge in [0.1, 0.15) is 5.76 Å². The van der Waals surface area contributed by atoms with E-state index in [1.54, 1.807) is 48.7 Å². The largest absolute Gasteiger partial charge is 0.493 e. The molecule has 0 radical (unpaired) electrons. The normalized spacial score (nSPS) is 10.3. The number of pyridine rings is 1. The molecule has 3 rings (SSSR count). The fraction of sp³-hybridized carbons (Fsp3) is 0.200. The van der Waals surface area contributed by atoms with E-state index in [1.165, 1.54) is 7.11 Å². The topological polar surface area (TPSA) is 76.8 Å². The zero-order valence-electron chi connectivity index (χ0n) is 15.2. The van der Waals surface area contributed by atoms with Gasteiger partial charge in [-0.15, -0.1) is 0 Å². The number of carbonyl (C=O) groups is 1. The van der Waals surface area contributed by atoms with Gasteiger partial charge in [-0.3, -0.25) is 4.98 Å². The molecule has 0 atom stereocenters. The zero-order valence-corrected chi connectivity index (χ0v) is 15.2. The molecule has 0 bridgehead atoms. The van der Waals surface area contributed by atoms with Crippen molar-refractivity contribution in [3.05, 3.63) is 72.4 Å². The van der Waals surface area contributed by atoms with Crippen LogP contribution in [-0.4, -0.2) is 30.1 Å². The Morgan fingerprint density at radius 3 is 2.63 bits per heavy atom. The third kappa shape index (κ3) is 4.58. The number of rotatable bonds is 7. The molecule has 7 heteroatoms. The average Bonchev–Trinajstić information content (AvgIpc) is 3.21. The van der Waals surface area contributed by atoms with E-state index in [4.69, 9.17) is 13.9 Å². The number of ether oxygens (including phenoxy) is 2. The molecule has 140 valence electrons. The predicted molar refractivity (Wildman–Crippen MR) is 101 cm³/mol. The third-order valence-electron chi connectivity index (χ3n) is 3.94. The van der Waals surface area contributed by atoms with Crippen LogP contribution in [0.25, 0.3) is 0 Å². The van der Waals surface area contributed by atoms with Gasteiger partial charge in [0.2, 0.25) is 0 Å². The van der Waals surface area contributed by atoms with Crippen LogP contribution in [-0.2, 0) is 13.1 Å². The SMILES string of the molecule is COc1cccc(NC(=O)N(Cc2ccccn2)Cc2ccco2)c1OC. The standard InChI is InChI=1S/C20H21N3O4/c1-25-18-10-5-9-17(19(18)26-2)22-20(24)23(14-16-8-6-12-27-16)13-15-7-3-4-11-21-15/h3-12H,13-14H2,1-2H3,(H,22,24). The molecule has 1 N–H and O–H groups in total. The van der Waals surface area contributed by atoms with Crippen LogP contribution in [0.1, 0.15) is 11.5 Å². The lowest BCUT2D eigenvalue weighted by molar-refractivity contribution is 0.200. The highest BCUT2D eigenvalue weighted by Crippen LogP contribution is 2.34. The number of urea groups is 1. The second-order valence-corrected chi connectivity index (χ2v) is 5.73. The molecule has 2 aromatic heterocycles. The molecule has 3 aromatic rings. The summed E-state index contributed by atoms with van der Waals surface area (Å²) in [5.41, 5.74) is 1.30. The van der Waals surface area contributed by atoms with Crippen molar-refractivity contribution in [3.63, 3.8) is 0 Å². The van der Waals surface area contributed by atoms with E-state index in [0.717, 1.165) is 5.69 Å². The Bertz CT molecular complexity index is 866. The van der Waals surface area contributed by atoms with Crippen molar-refractivity contribution in [3.8, 4) is 11.5 Å². The molecular weight excluding hydrogens is 346 g/mol. The molecule has 2 amide bonds. The van der Waals surface area contributed by atoms with Crippen molar-refractivity contribution in [1.29, 1.82) is 0 Å². The quantitative estimate of drug-likeness (QED) is 0.685. The predicted octanol–water partition coefficient (Wildman–Crippen LogP) is 3.93. The van der Waals surface area contributed by atoms with Gasteiger partial charge in [0.05, 0.1) is 45.0 Å². The van der Waals surface area contributed by atoms with Crippen LogP contribution < -0.4 is 14.8 Å². The van der Waals surface area contributed by atoms with E-state index in [2.05, 4.69) is 10.3 Å². The highest BCUT2D eigenvalue weighted by Gasteiger charge is 2.19. The smallest absolute Gasteiger partial charge is 0.322 e. The summed E-state index contributed by atoms with van der Waals surface area (Å²) >= 11 is 0. The molecule has 0 aliphatic heterocycles. The Morgan fingerprint density at radius 1 is 1.07 bits per heavy atom. The molecule has 0 spiro atoms. The number of anilines is 1. The van der Waals surface area contributed by atoms with E-state index in [-0.39, 0.29) is 6.03 Å². The zero-order chi connectivity index (χ0) is 19.1. The van der Waals surface area contributed by atoms with Crippen molar-refractivity contribution >= 4 is 11.7 Å². The van der Waals surface area contributed by atoms with Crippen LogP contribution in [0, 0.1) is 0 Å². The van der Waals surface area contributed by atoms with Gasteiger partial charge < -0.3 is 24.1 Å². The molecule has 2 heterocycles. The van der Waals surface area contributed by atoms with Crippen molar-refractivity contribution in [1.82, 2.24) is 9.88 Å². The molecular formula is C20H21N3O4. The first-order valence-electron chi connectivity index (χ1n) is 8.40. The molecule has 7 nitrogen and oxygen atoms in total. The maximum atomic E-state index is 13.0. The summed E-state index contributed by atoms with van der Waals surface area (Å²) in [4.78, 5) is 18.9. The molecule has 0 unspecified atom stereocenters. The summed E-state index contributed by atoms with van der Waals surface area (Å²) in [5.74, 6) is 1.68. The molecule has 0 aliphatic carbocycles. The summed E-state index contributed by atoms with van der Waals surface area (Å²) in [5, 5.41) is 2.88. The van der Waals surface area contributed by atoms with E-state index in [1.807, 2.05) is 24.3 Å². The first-order valence-corrected chi connectivity index (χ1v) is 8.40. The maximum Gasteiger partial charge on any atom is 0.322 e. The summed E-state index contributed by atoms with van der Waals surface area (Å²) in [6.45, 7) is 0.640. The van der Waals surface area contributed by atoms with Gasteiger partial charge in [-0.1, -0.05) is 12.1 Å². The summed E-state index contributed by atoms with van der Waals surface area (Å²) in [6, 6.07) is 14.2. The molecule has 0 saturated carbocycles. The second-order valence-electron chi connectivity index (χ2n) is 5.73. The molecule has 1 aromatic carbocycles. The van der Waals surface area contributed by atoms with E-state index in [9.17, 15) is 4.79 Å². The van der Waals surface area contributed by atoms with Crippen LogP contribution in [0.4, 0.5) is 10.5 Å². The van der Waals surface area contributed by atoms with Crippen LogP contribution >= 0.6 is 0 Å². The fourth-order valence-corrected chi connectivity index (χ4v) is 2.66. The number of aromatic nitrogens is 1. The number of hydrogen-bond acceptors (Lipinski definition) is 5. The highest BCUT2D eigenvalue weighted by atomic mass is 16.5. The van der Waals surface area contributed by atoms with Gasteiger partial charge in [-0.05, 0) is 36.4 Å². The number of hydrogen-bond donors (Lipinski definition) is 1. The number of methoxy groups -OCH3 is 2. The maximum absolute atomic E-state index is 13.0. The number of amides is 2. The lowest BCUT2D eigenvalue weighted by Gasteiger charge is -2.23. The molecule has 0 saturated heterocycles. The first-order chi connectivity index (χ1) is 13.2. The van der Waals surface area contributed by atoms with Crippen molar-refractivity contribution in [2.24, 2.45) is 0 Å². The Balaban J connectivity index is 1.82. The van der Waals surface area contributed by atoms with Crippen LogP contribution in [0.15, 0.2) is 65.4 Å². The van der Waals surface area contributed by atoms with Crippen LogP contribution in [0.5, 0.6) is 11.5 Å². The summed E-state index contributed by atoms with van der Waals surface area (Å²) < 4.78 is 16.1. The van der Waals surface area contributed by atoms with Crippen molar-refractivity contribution in [2.75, 3.05) is 19.5 Å².